The molecular weight excluding hydrogens is 406 g/mol. The van der Waals surface area contributed by atoms with E-state index in [0.29, 0.717) is 48.8 Å². The number of rotatable bonds is 6. The number of amides is 2. The maximum absolute atomic E-state index is 13.4. The first-order valence-corrected chi connectivity index (χ1v) is 11.9. The first-order valence-electron chi connectivity index (χ1n) is 10.5. The van der Waals surface area contributed by atoms with Crippen LogP contribution in [0.2, 0.25) is 0 Å². The van der Waals surface area contributed by atoms with Gasteiger partial charge < -0.3 is 15.4 Å². The lowest BCUT2D eigenvalue weighted by Gasteiger charge is -2.32. The van der Waals surface area contributed by atoms with Crippen molar-refractivity contribution in [3.63, 3.8) is 0 Å². The molecule has 1 aromatic rings. The third-order valence-corrected chi connectivity index (χ3v) is 7.61. The first-order chi connectivity index (χ1) is 14.1. The van der Waals surface area contributed by atoms with Crippen molar-refractivity contribution in [2.45, 2.75) is 58.0 Å². The summed E-state index contributed by atoms with van der Waals surface area (Å²) in [6.07, 6.45) is 1.51. The Morgan fingerprint density at radius 3 is 2.80 bits per heavy atom. The van der Waals surface area contributed by atoms with E-state index in [4.69, 9.17) is 4.74 Å². The topological polar surface area (TPSA) is 105 Å². The van der Waals surface area contributed by atoms with Gasteiger partial charge in [0.2, 0.25) is 15.9 Å². The van der Waals surface area contributed by atoms with E-state index in [1.165, 1.54) is 10.4 Å². The molecule has 166 valence electrons. The average Bonchev–Trinajstić information content (AvgIpc) is 2.68. The zero-order valence-electron chi connectivity index (χ0n) is 18.0. The minimum absolute atomic E-state index is 0.0856. The fourth-order valence-electron chi connectivity index (χ4n) is 3.76. The van der Waals surface area contributed by atoms with Crippen LogP contribution in [0.1, 0.15) is 45.6 Å². The molecule has 0 spiro atoms. The van der Waals surface area contributed by atoms with Crippen molar-refractivity contribution < 1.29 is 22.7 Å². The highest BCUT2D eigenvalue weighted by molar-refractivity contribution is 7.89. The first kappa shape index (κ1) is 22.6. The van der Waals surface area contributed by atoms with Gasteiger partial charge in [0.25, 0.3) is 5.91 Å². The fourth-order valence-corrected chi connectivity index (χ4v) is 5.51. The van der Waals surface area contributed by atoms with Crippen molar-refractivity contribution in [1.82, 2.24) is 9.62 Å². The number of carbonyl (C=O) groups excluding carboxylic acids is 2. The summed E-state index contributed by atoms with van der Waals surface area (Å²) in [4.78, 5) is 24.5. The second kappa shape index (κ2) is 8.93. The van der Waals surface area contributed by atoms with E-state index < -0.39 is 16.1 Å². The SMILES string of the molecule is Cc1cc2c(cc1S(=O)(=O)N1CCC[C@@H](C(=O)NCCC(C)C)C1)O[C@@H](C)C(=O)N2. The second-order valence-electron chi connectivity index (χ2n) is 8.54. The van der Waals surface area contributed by atoms with Crippen LogP contribution in [0.4, 0.5) is 5.69 Å². The molecular formula is C21H31N3O5S. The molecule has 30 heavy (non-hydrogen) atoms. The lowest BCUT2D eigenvalue weighted by atomic mass is 9.98. The van der Waals surface area contributed by atoms with Crippen LogP contribution >= 0.6 is 0 Å². The van der Waals surface area contributed by atoms with Crippen molar-refractivity contribution in [1.29, 1.82) is 0 Å². The number of nitrogens with one attached hydrogen (secondary N) is 2. The third kappa shape index (κ3) is 4.78. The molecule has 0 radical (unpaired) electrons. The Kier molecular flexibility index (Phi) is 6.71. The highest BCUT2D eigenvalue weighted by atomic mass is 32.2. The maximum atomic E-state index is 13.4. The zero-order valence-corrected chi connectivity index (χ0v) is 18.8. The van der Waals surface area contributed by atoms with E-state index in [0.717, 1.165) is 6.42 Å². The number of carbonyl (C=O) groups is 2. The van der Waals surface area contributed by atoms with Crippen LogP contribution in [0.15, 0.2) is 17.0 Å². The van der Waals surface area contributed by atoms with Crippen LogP contribution in [0, 0.1) is 18.8 Å². The predicted octanol–water partition coefficient (Wildman–Crippen LogP) is 2.28. The summed E-state index contributed by atoms with van der Waals surface area (Å²) in [5.74, 6) is 0.133. The quantitative estimate of drug-likeness (QED) is 0.710. The fraction of sp³-hybridized carbons (Fsp3) is 0.619. The van der Waals surface area contributed by atoms with Gasteiger partial charge in [-0.25, -0.2) is 8.42 Å². The Morgan fingerprint density at radius 2 is 2.10 bits per heavy atom. The summed E-state index contributed by atoms with van der Waals surface area (Å²) < 4.78 is 33.7. The van der Waals surface area contributed by atoms with Gasteiger partial charge in [0, 0.05) is 25.7 Å². The smallest absolute Gasteiger partial charge is 0.265 e. The molecule has 0 saturated carbocycles. The Labute approximate surface area is 178 Å². The summed E-state index contributed by atoms with van der Waals surface area (Å²) in [5, 5.41) is 5.67. The molecule has 0 bridgehead atoms. The highest BCUT2D eigenvalue weighted by Gasteiger charge is 2.35. The lowest BCUT2D eigenvalue weighted by molar-refractivity contribution is -0.126. The number of ether oxygens (including phenoxy) is 1. The molecule has 2 atom stereocenters. The molecule has 1 saturated heterocycles. The Hall–Kier alpha value is -2.13. The molecule has 2 aliphatic heterocycles. The summed E-state index contributed by atoms with van der Waals surface area (Å²) >= 11 is 0. The molecule has 8 nitrogen and oxygen atoms in total. The van der Waals surface area contributed by atoms with Crippen molar-refractivity contribution in [2.75, 3.05) is 25.0 Å². The Morgan fingerprint density at radius 1 is 1.37 bits per heavy atom. The molecule has 2 amide bonds. The average molecular weight is 438 g/mol. The van der Waals surface area contributed by atoms with Gasteiger partial charge >= 0.3 is 0 Å². The van der Waals surface area contributed by atoms with Crippen molar-refractivity contribution in [2.24, 2.45) is 11.8 Å². The van der Waals surface area contributed by atoms with Crippen molar-refractivity contribution >= 4 is 27.5 Å². The minimum Gasteiger partial charge on any atom is -0.479 e. The molecule has 2 aliphatic rings. The van der Waals surface area contributed by atoms with E-state index in [1.807, 2.05) is 0 Å². The third-order valence-electron chi connectivity index (χ3n) is 5.60. The van der Waals surface area contributed by atoms with Gasteiger partial charge in [0.15, 0.2) is 6.10 Å². The zero-order chi connectivity index (χ0) is 22.1. The highest BCUT2D eigenvalue weighted by Crippen LogP contribution is 2.36. The summed E-state index contributed by atoms with van der Waals surface area (Å²) in [6, 6.07) is 3.09. The molecule has 0 unspecified atom stereocenters. The number of aryl methyl sites for hydroxylation is 1. The van der Waals surface area contributed by atoms with Gasteiger partial charge in [-0.1, -0.05) is 13.8 Å². The summed E-state index contributed by atoms with van der Waals surface area (Å²) in [6.45, 7) is 8.64. The number of sulfonamides is 1. The standard InChI is InChI=1S/C21H31N3O5S/c1-13(2)7-8-22-21(26)16-6-5-9-24(12-16)30(27,28)19-11-18-17(10-14(19)3)23-20(25)15(4)29-18/h10-11,13,15-16H,5-9,12H2,1-4H3,(H,22,26)(H,23,25)/t15-,16+/m0/s1. The predicted molar refractivity (Wildman–Crippen MR) is 114 cm³/mol. The van der Waals surface area contributed by atoms with E-state index in [9.17, 15) is 18.0 Å². The van der Waals surface area contributed by atoms with Crippen molar-refractivity contribution in [3.05, 3.63) is 17.7 Å². The van der Waals surface area contributed by atoms with Crippen LogP contribution in [-0.2, 0) is 19.6 Å². The van der Waals surface area contributed by atoms with Crippen molar-refractivity contribution in [3.8, 4) is 5.75 Å². The van der Waals surface area contributed by atoms with Gasteiger partial charge in [0.05, 0.1) is 16.5 Å². The molecule has 2 heterocycles. The van der Waals surface area contributed by atoms with Crippen LogP contribution in [-0.4, -0.2) is 50.3 Å². The molecule has 0 aliphatic carbocycles. The molecule has 2 N–H and O–H groups in total. The number of piperidine rings is 1. The Bertz CT molecular complexity index is 929. The molecule has 1 aromatic carbocycles. The maximum Gasteiger partial charge on any atom is 0.265 e. The number of anilines is 1. The molecule has 9 heteroatoms. The van der Waals surface area contributed by atoms with Crippen LogP contribution in [0.25, 0.3) is 0 Å². The van der Waals surface area contributed by atoms with Crippen LogP contribution < -0.4 is 15.4 Å². The molecule has 0 aromatic heterocycles. The molecule has 1 fully saturated rings. The van der Waals surface area contributed by atoms with Gasteiger partial charge in [0.1, 0.15) is 5.75 Å². The van der Waals surface area contributed by atoms with Gasteiger partial charge in [-0.2, -0.15) is 4.31 Å². The minimum atomic E-state index is -3.80. The molecule has 3 rings (SSSR count). The number of benzene rings is 1. The summed E-state index contributed by atoms with van der Waals surface area (Å²) in [5.41, 5.74) is 0.992. The van der Waals surface area contributed by atoms with Crippen LogP contribution in [0.3, 0.4) is 0 Å². The number of nitrogens with zero attached hydrogens (tertiary/aromatic N) is 1. The largest absolute Gasteiger partial charge is 0.479 e. The normalized spacial score (nSPS) is 22.2. The number of fused-ring (bicyclic) bond motifs is 1. The van der Waals surface area contributed by atoms with E-state index in [2.05, 4.69) is 24.5 Å². The van der Waals surface area contributed by atoms with Gasteiger partial charge in [-0.15, -0.1) is 0 Å². The van der Waals surface area contributed by atoms with E-state index >= 15 is 0 Å². The van der Waals surface area contributed by atoms with Gasteiger partial charge in [-0.05, 0) is 50.7 Å². The summed E-state index contributed by atoms with van der Waals surface area (Å²) in [7, 11) is -3.80. The van der Waals surface area contributed by atoms with E-state index in [-0.39, 0.29) is 29.2 Å². The monoisotopic (exact) mass is 437 g/mol. The Balaban J connectivity index is 1.77. The van der Waals surface area contributed by atoms with Crippen LogP contribution in [0.5, 0.6) is 5.75 Å². The number of hydrogen-bond acceptors (Lipinski definition) is 5. The van der Waals surface area contributed by atoms with Gasteiger partial charge in [-0.3, -0.25) is 9.59 Å². The second-order valence-corrected chi connectivity index (χ2v) is 10.4. The van der Waals surface area contributed by atoms with E-state index in [1.54, 1.807) is 19.9 Å². The number of hydrogen-bond donors (Lipinski definition) is 2. The lowest BCUT2D eigenvalue weighted by Crippen LogP contribution is -2.45.